The zero-order chi connectivity index (χ0) is 18.5. The van der Waals surface area contributed by atoms with Gasteiger partial charge in [-0.25, -0.2) is 4.79 Å². The molecule has 2 aromatic rings. The molecular formula is C19H19N3O4. The van der Waals surface area contributed by atoms with Crippen molar-refractivity contribution in [2.24, 2.45) is 5.11 Å². The molecule has 0 amide bonds. The van der Waals surface area contributed by atoms with E-state index in [0.29, 0.717) is 30.8 Å². The van der Waals surface area contributed by atoms with Gasteiger partial charge in [0.1, 0.15) is 17.9 Å². The largest absolute Gasteiger partial charge is 0.488 e. The van der Waals surface area contributed by atoms with Crippen molar-refractivity contribution >= 4 is 5.97 Å². The average Bonchev–Trinajstić information content (AvgIpc) is 2.68. The Morgan fingerprint density at radius 3 is 2.81 bits per heavy atom. The first-order valence-corrected chi connectivity index (χ1v) is 8.28. The van der Waals surface area contributed by atoms with Crippen LogP contribution in [0.3, 0.4) is 0 Å². The molecule has 3 rings (SSSR count). The van der Waals surface area contributed by atoms with E-state index in [0.717, 1.165) is 11.1 Å². The first-order valence-electron chi connectivity index (χ1n) is 8.28. The summed E-state index contributed by atoms with van der Waals surface area (Å²) in [5.74, 6) is -0.136. The molecule has 26 heavy (non-hydrogen) atoms. The van der Waals surface area contributed by atoms with E-state index in [1.807, 2.05) is 30.3 Å². The lowest BCUT2D eigenvalue weighted by Gasteiger charge is -2.28. The van der Waals surface area contributed by atoms with Crippen LogP contribution in [0.4, 0.5) is 0 Å². The molecule has 7 nitrogen and oxygen atoms in total. The minimum absolute atomic E-state index is 0.239. The molecule has 0 saturated carbocycles. The lowest BCUT2D eigenvalue weighted by atomic mass is 9.85. The number of benzene rings is 2. The second kappa shape index (κ2) is 7.91. The molecule has 0 aliphatic heterocycles. The number of ether oxygens (including phenoxy) is 2. The van der Waals surface area contributed by atoms with E-state index < -0.39 is 18.1 Å². The number of aryl methyl sites for hydroxylation is 1. The maximum Gasteiger partial charge on any atom is 0.341 e. The second-order valence-electron chi connectivity index (χ2n) is 6.07. The molecule has 1 aliphatic rings. The van der Waals surface area contributed by atoms with Gasteiger partial charge in [-0.2, -0.15) is 0 Å². The van der Waals surface area contributed by atoms with Crippen LogP contribution in [-0.2, 0) is 17.8 Å². The quantitative estimate of drug-likeness (QED) is 0.383. The Morgan fingerprint density at radius 1 is 1.35 bits per heavy atom. The third-order valence-corrected chi connectivity index (χ3v) is 4.48. The SMILES string of the molecule is COC(=O)c1cc2c(cc1OCc1ccccc1)CCC(N=[N+]=[N-])C2O. The summed E-state index contributed by atoms with van der Waals surface area (Å²) in [6.45, 7) is 0.313. The smallest absolute Gasteiger partial charge is 0.341 e. The topological polar surface area (TPSA) is 105 Å². The minimum Gasteiger partial charge on any atom is -0.488 e. The molecular weight excluding hydrogens is 334 g/mol. The Kier molecular flexibility index (Phi) is 5.41. The maximum atomic E-state index is 12.2. The molecule has 0 radical (unpaired) electrons. The normalized spacial score (nSPS) is 18.4. The molecule has 0 bridgehead atoms. The summed E-state index contributed by atoms with van der Waals surface area (Å²) in [6.07, 6.45) is 0.203. The zero-order valence-corrected chi connectivity index (χ0v) is 14.3. The van der Waals surface area contributed by atoms with Crippen LogP contribution in [0.1, 0.15) is 39.6 Å². The molecule has 0 spiro atoms. The highest BCUT2D eigenvalue weighted by Crippen LogP contribution is 2.36. The molecule has 2 atom stereocenters. The van der Waals surface area contributed by atoms with Gasteiger partial charge in [-0.15, -0.1) is 0 Å². The van der Waals surface area contributed by atoms with Gasteiger partial charge in [-0.05, 0) is 47.2 Å². The predicted molar refractivity (Wildman–Crippen MR) is 94.8 cm³/mol. The van der Waals surface area contributed by atoms with Crippen molar-refractivity contribution < 1.29 is 19.4 Å². The van der Waals surface area contributed by atoms with E-state index in [1.54, 1.807) is 12.1 Å². The van der Waals surface area contributed by atoms with Crippen LogP contribution in [0.2, 0.25) is 0 Å². The van der Waals surface area contributed by atoms with Crippen molar-refractivity contribution in [2.45, 2.75) is 31.6 Å². The van der Waals surface area contributed by atoms with Crippen LogP contribution in [0.5, 0.6) is 5.75 Å². The van der Waals surface area contributed by atoms with Crippen LogP contribution in [0.25, 0.3) is 10.4 Å². The highest BCUT2D eigenvalue weighted by atomic mass is 16.5. The lowest BCUT2D eigenvalue weighted by Crippen LogP contribution is -2.24. The van der Waals surface area contributed by atoms with Crippen LogP contribution in [0.15, 0.2) is 47.6 Å². The molecule has 134 valence electrons. The number of rotatable bonds is 5. The van der Waals surface area contributed by atoms with E-state index in [9.17, 15) is 9.90 Å². The maximum absolute atomic E-state index is 12.2. The molecule has 2 unspecified atom stereocenters. The first-order chi connectivity index (χ1) is 12.6. The average molecular weight is 353 g/mol. The fourth-order valence-corrected chi connectivity index (χ4v) is 3.11. The van der Waals surface area contributed by atoms with Gasteiger partial charge in [0.15, 0.2) is 0 Å². The Morgan fingerprint density at radius 2 is 2.12 bits per heavy atom. The van der Waals surface area contributed by atoms with Gasteiger partial charge in [-0.1, -0.05) is 35.4 Å². The molecule has 0 fully saturated rings. The van der Waals surface area contributed by atoms with Crippen molar-refractivity contribution in [3.8, 4) is 5.75 Å². The van der Waals surface area contributed by atoms with Gasteiger partial charge < -0.3 is 14.6 Å². The fourth-order valence-electron chi connectivity index (χ4n) is 3.11. The molecule has 0 aromatic heterocycles. The van der Waals surface area contributed by atoms with Gasteiger partial charge >= 0.3 is 5.97 Å². The summed E-state index contributed by atoms with van der Waals surface area (Å²) < 4.78 is 10.7. The molecule has 1 N–H and O–H groups in total. The van der Waals surface area contributed by atoms with Gasteiger partial charge in [0.05, 0.1) is 19.3 Å². The Labute approximate surface area is 150 Å². The summed E-state index contributed by atoms with van der Waals surface area (Å²) in [4.78, 5) is 15.0. The van der Waals surface area contributed by atoms with E-state index in [4.69, 9.17) is 15.0 Å². The summed E-state index contributed by atoms with van der Waals surface area (Å²) >= 11 is 0. The Hall–Kier alpha value is -3.02. The van der Waals surface area contributed by atoms with Gasteiger partial charge in [-0.3, -0.25) is 0 Å². The van der Waals surface area contributed by atoms with Gasteiger partial charge in [0.25, 0.3) is 0 Å². The number of carbonyl (C=O) groups excluding carboxylic acids is 1. The van der Waals surface area contributed by atoms with Crippen LogP contribution < -0.4 is 4.74 Å². The predicted octanol–water partition coefficient (Wildman–Crippen LogP) is 3.71. The third kappa shape index (κ3) is 3.64. The van der Waals surface area contributed by atoms with Crippen LogP contribution in [-0.4, -0.2) is 24.2 Å². The first kappa shape index (κ1) is 17.8. The fraction of sp³-hybridized carbons (Fsp3) is 0.316. The highest BCUT2D eigenvalue weighted by molar-refractivity contribution is 5.93. The van der Waals surface area contributed by atoms with Crippen molar-refractivity contribution in [1.82, 2.24) is 0 Å². The van der Waals surface area contributed by atoms with Crippen molar-refractivity contribution in [2.75, 3.05) is 7.11 Å². The number of azide groups is 1. The Bertz CT molecular complexity index is 847. The third-order valence-electron chi connectivity index (χ3n) is 4.48. The van der Waals surface area contributed by atoms with Gasteiger partial charge in [0, 0.05) is 4.91 Å². The summed E-state index contributed by atoms with van der Waals surface area (Å²) in [5.41, 5.74) is 11.3. The summed E-state index contributed by atoms with van der Waals surface area (Å²) in [5, 5.41) is 14.1. The van der Waals surface area contributed by atoms with E-state index >= 15 is 0 Å². The second-order valence-corrected chi connectivity index (χ2v) is 6.07. The number of hydrogen-bond acceptors (Lipinski definition) is 5. The van der Waals surface area contributed by atoms with E-state index in [1.165, 1.54) is 7.11 Å². The monoisotopic (exact) mass is 353 g/mol. The number of fused-ring (bicyclic) bond motifs is 1. The molecule has 7 heteroatoms. The number of aliphatic hydroxyl groups is 1. The molecule has 2 aromatic carbocycles. The van der Waals surface area contributed by atoms with Gasteiger partial charge in [0.2, 0.25) is 0 Å². The van der Waals surface area contributed by atoms with Crippen LogP contribution >= 0.6 is 0 Å². The highest BCUT2D eigenvalue weighted by Gasteiger charge is 2.30. The summed E-state index contributed by atoms with van der Waals surface area (Å²) in [6, 6.07) is 12.4. The van der Waals surface area contributed by atoms with E-state index in [-0.39, 0.29) is 5.56 Å². The number of hydrogen-bond donors (Lipinski definition) is 1. The zero-order valence-electron chi connectivity index (χ0n) is 14.3. The van der Waals surface area contributed by atoms with Crippen LogP contribution in [0, 0.1) is 0 Å². The van der Waals surface area contributed by atoms with Crippen molar-refractivity contribution in [3.63, 3.8) is 0 Å². The van der Waals surface area contributed by atoms with Crippen molar-refractivity contribution in [3.05, 3.63) is 75.2 Å². The number of carbonyl (C=O) groups is 1. The minimum atomic E-state index is -0.957. The lowest BCUT2D eigenvalue weighted by molar-refractivity contribution is 0.0594. The molecule has 0 saturated heterocycles. The van der Waals surface area contributed by atoms with Crippen molar-refractivity contribution in [1.29, 1.82) is 0 Å². The number of methoxy groups -OCH3 is 1. The standard InChI is InChI=1S/C19H19N3O4/c1-25-19(24)15-10-14-13(7-8-16(18(14)23)21-22-20)9-17(15)26-11-12-5-3-2-4-6-12/h2-6,9-10,16,18,23H,7-8,11H2,1H3. The molecule has 0 heterocycles. The van der Waals surface area contributed by atoms with E-state index in [2.05, 4.69) is 10.0 Å². The number of nitrogens with zero attached hydrogens (tertiary/aromatic N) is 3. The number of aliphatic hydroxyl groups excluding tert-OH is 1. The number of esters is 1. The Balaban J connectivity index is 1.94. The molecule has 1 aliphatic carbocycles. The summed E-state index contributed by atoms with van der Waals surface area (Å²) in [7, 11) is 1.29.